The van der Waals surface area contributed by atoms with Crippen LogP contribution in [-0.4, -0.2) is 17.6 Å². The maximum atomic E-state index is 11.8. The third-order valence-corrected chi connectivity index (χ3v) is 2.76. The molecule has 1 aromatic carbocycles. The van der Waals surface area contributed by atoms with E-state index in [0.717, 1.165) is 5.56 Å². The second-order valence-electron chi connectivity index (χ2n) is 4.39. The Morgan fingerprint density at radius 1 is 1.26 bits per heavy atom. The number of carbonyl (C=O) groups excluding carboxylic acids is 1. The van der Waals surface area contributed by atoms with Gasteiger partial charge in [0.05, 0.1) is 6.61 Å². The highest BCUT2D eigenvalue weighted by atomic mass is 16.5. The average Bonchev–Trinajstić information content (AvgIpc) is 2.74. The van der Waals surface area contributed by atoms with Gasteiger partial charge < -0.3 is 9.15 Å². The highest BCUT2D eigenvalue weighted by Crippen LogP contribution is 2.17. The lowest BCUT2D eigenvalue weighted by Gasteiger charge is -2.02. The van der Waals surface area contributed by atoms with E-state index in [2.05, 4.69) is 4.98 Å². The van der Waals surface area contributed by atoms with Crippen LogP contribution in [0.4, 0.5) is 0 Å². The second kappa shape index (κ2) is 5.69. The lowest BCUT2D eigenvalue weighted by atomic mass is 10.1. The zero-order valence-corrected chi connectivity index (χ0v) is 11.4. The van der Waals surface area contributed by atoms with Gasteiger partial charge in [0.25, 0.3) is 0 Å². The molecule has 0 aliphatic carbocycles. The predicted octanol–water partition coefficient (Wildman–Crippen LogP) is 3.06. The number of aryl methyl sites for hydroxylation is 2. The Morgan fingerprint density at radius 3 is 2.58 bits per heavy atom. The van der Waals surface area contributed by atoms with Gasteiger partial charge >= 0.3 is 5.97 Å². The largest absolute Gasteiger partial charge is 0.461 e. The summed E-state index contributed by atoms with van der Waals surface area (Å²) in [5.41, 5.74) is 2.55. The van der Waals surface area contributed by atoms with Crippen LogP contribution >= 0.6 is 0 Å². The van der Waals surface area contributed by atoms with E-state index in [9.17, 15) is 4.79 Å². The van der Waals surface area contributed by atoms with E-state index in [1.807, 2.05) is 31.2 Å². The fourth-order valence-electron chi connectivity index (χ4n) is 1.84. The molecule has 0 aliphatic rings. The first-order valence-electron chi connectivity index (χ1n) is 6.29. The fraction of sp³-hybridized carbons (Fsp3) is 0.333. The van der Waals surface area contributed by atoms with Gasteiger partial charge in [-0.2, -0.15) is 0 Å². The number of carbonyl (C=O) groups is 1. The SMILES string of the molecule is CCOC(=O)c1nc(C)oc1Cc1ccc(C)cc1. The Balaban J connectivity index is 2.24. The van der Waals surface area contributed by atoms with Crippen LogP contribution in [0.2, 0.25) is 0 Å². The van der Waals surface area contributed by atoms with Crippen LogP contribution in [0.3, 0.4) is 0 Å². The number of aromatic nitrogens is 1. The third-order valence-electron chi connectivity index (χ3n) is 2.76. The molecule has 19 heavy (non-hydrogen) atoms. The lowest BCUT2D eigenvalue weighted by Crippen LogP contribution is -2.08. The van der Waals surface area contributed by atoms with Crippen molar-refractivity contribution in [3.05, 3.63) is 52.7 Å². The van der Waals surface area contributed by atoms with Crippen LogP contribution in [0.1, 0.15) is 40.2 Å². The molecule has 100 valence electrons. The summed E-state index contributed by atoms with van der Waals surface area (Å²) in [5.74, 6) is 0.603. The van der Waals surface area contributed by atoms with Crippen molar-refractivity contribution in [2.45, 2.75) is 27.2 Å². The summed E-state index contributed by atoms with van der Waals surface area (Å²) in [7, 11) is 0. The zero-order chi connectivity index (χ0) is 13.8. The molecule has 4 heteroatoms. The van der Waals surface area contributed by atoms with E-state index in [4.69, 9.17) is 9.15 Å². The molecule has 1 aromatic heterocycles. The minimum atomic E-state index is -0.429. The zero-order valence-electron chi connectivity index (χ0n) is 11.4. The Morgan fingerprint density at radius 2 is 1.95 bits per heavy atom. The first kappa shape index (κ1) is 13.3. The molecule has 0 saturated heterocycles. The van der Waals surface area contributed by atoms with E-state index in [1.165, 1.54) is 5.56 Å². The Hall–Kier alpha value is -2.10. The van der Waals surface area contributed by atoms with Gasteiger partial charge in [0.1, 0.15) is 5.76 Å². The van der Waals surface area contributed by atoms with Gasteiger partial charge in [0.15, 0.2) is 11.6 Å². The molecule has 0 aliphatic heterocycles. The topological polar surface area (TPSA) is 52.3 Å². The van der Waals surface area contributed by atoms with E-state index < -0.39 is 5.97 Å². The van der Waals surface area contributed by atoms with Crippen molar-refractivity contribution in [1.82, 2.24) is 4.98 Å². The Labute approximate surface area is 112 Å². The van der Waals surface area contributed by atoms with Crippen LogP contribution < -0.4 is 0 Å². The summed E-state index contributed by atoms with van der Waals surface area (Å²) in [4.78, 5) is 15.9. The minimum Gasteiger partial charge on any atom is -0.461 e. The van der Waals surface area contributed by atoms with Gasteiger partial charge in [-0.05, 0) is 19.4 Å². The molecule has 0 fully saturated rings. The molecule has 1 heterocycles. The maximum absolute atomic E-state index is 11.8. The molecule has 0 N–H and O–H groups in total. The highest BCUT2D eigenvalue weighted by Gasteiger charge is 2.19. The van der Waals surface area contributed by atoms with E-state index in [1.54, 1.807) is 13.8 Å². The summed E-state index contributed by atoms with van der Waals surface area (Å²) in [6.07, 6.45) is 0.537. The maximum Gasteiger partial charge on any atom is 0.360 e. The van der Waals surface area contributed by atoms with Crippen molar-refractivity contribution >= 4 is 5.97 Å². The number of esters is 1. The van der Waals surface area contributed by atoms with Crippen molar-refractivity contribution in [3.8, 4) is 0 Å². The van der Waals surface area contributed by atoms with Gasteiger partial charge in [-0.1, -0.05) is 29.8 Å². The molecule has 0 unspecified atom stereocenters. The van der Waals surface area contributed by atoms with Gasteiger partial charge in [-0.15, -0.1) is 0 Å². The Bertz CT molecular complexity index is 570. The van der Waals surface area contributed by atoms with Crippen molar-refractivity contribution in [3.63, 3.8) is 0 Å². The number of ether oxygens (including phenoxy) is 1. The molecular weight excluding hydrogens is 242 g/mol. The van der Waals surface area contributed by atoms with Crippen LogP contribution in [0.25, 0.3) is 0 Å². The van der Waals surface area contributed by atoms with Crippen LogP contribution in [0.15, 0.2) is 28.7 Å². The van der Waals surface area contributed by atoms with Crippen molar-refractivity contribution in [2.75, 3.05) is 6.61 Å². The van der Waals surface area contributed by atoms with Crippen LogP contribution in [0, 0.1) is 13.8 Å². The minimum absolute atomic E-state index is 0.278. The highest BCUT2D eigenvalue weighted by molar-refractivity contribution is 5.88. The molecular formula is C15H17NO3. The summed E-state index contributed by atoms with van der Waals surface area (Å²) in [5, 5.41) is 0. The molecule has 0 radical (unpaired) electrons. The molecule has 0 saturated carbocycles. The summed E-state index contributed by atoms with van der Waals surface area (Å²) in [6, 6.07) is 8.09. The summed E-state index contributed by atoms with van der Waals surface area (Å²) < 4.78 is 10.5. The van der Waals surface area contributed by atoms with E-state index >= 15 is 0 Å². The van der Waals surface area contributed by atoms with Gasteiger partial charge in [0.2, 0.25) is 0 Å². The molecule has 0 amide bonds. The predicted molar refractivity (Wildman–Crippen MR) is 71.2 cm³/mol. The number of oxazole rings is 1. The van der Waals surface area contributed by atoms with Gasteiger partial charge in [-0.25, -0.2) is 9.78 Å². The summed E-state index contributed by atoms with van der Waals surface area (Å²) in [6.45, 7) is 5.85. The van der Waals surface area contributed by atoms with Crippen LogP contribution in [-0.2, 0) is 11.2 Å². The molecule has 0 bridgehead atoms. The fourth-order valence-corrected chi connectivity index (χ4v) is 1.84. The lowest BCUT2D eigenvalue weighted by molar-refractivity contribution is 0.0518. The number of hydrogen-bond donors (Lipinski definition) is 0. The van der Waals surface area contributed by atoms with E-state index in [-0.39, 0.29) is 5.69 Å². The first-order chi connectivity index (χ1) is 9.10. The number of hydrogen-bond acceptors (Lipinski definition) is 4. The average molecular weight is 259 g/mol. The van der Waals surface area contributed by atoms with Crippen molar-refractivity contribution < 1.29 is 13.9 Å². The molecule has 2 rings (SSSR count). The smallest absolute Gasteiger partial charge is 0.360 e. The van der Waals surface area contributed by atoms with Gasteiger partial charge in [0, 0.05) is 13.3 Å². The first-order valence-corrected chi connectivity index (χ1v) is 6.29. The summed E-state index contributed by atoms with van der Waals surface area (Å²) >= 11 is 0. The second-order valence-corrected chi connectivity index (χ2v) is 4.39. The van der Waals surface area contributed by atoms with Crippen molar-refractivity contribution in [2.24, 2.45) is 0 Å². The molecule has 4 nitrogen and oxygen atoms in total. The molecule has 2 aromatic rings. The van der Waals surface area contributed by atoms with E-state index in [0.29, 0.717) is 24.7 Å². The standard InChI is InChI=1S/C15H17NO3/c1-4-18-15(17)14-13(19-11(3)16-14)9-12-7-5-10(2)6-8-12/h5-8H,4,9H2,1-3H3. The third kappa shape index (κ3) is 3.22. The van der Waals surface area contributed by atoms with Crippen LogP contribution in [0.5, 0.6) is 0 Å². The monoisotopic (exact) mass is 259 g/mol. The molecule has 0 spiro atoms. The number of nitrogens with zero attached hydrogens (tertiary/aromatic N) is 1. The number of benzene rings is 1. The Kier molecular flexibility index (Phi) is 4.00. The quantitative estimate of drug-likeness (QED) is 0.792. The van der Waals surface area contributed by atoms with Crippen molar-refractivity contribution in [1.29, 1.82) is 0 Å². The number of rotatable bonds is 4. The normalized spacial score (nSPS) is 10.5. The van der Waals surface area contributed by atoms with Gasteiger partial charge in [-0.3, -0.25) is 0 Å². The molecule has 0 atom stereocenters.